The standard InChI is InChI=1S/C39H60O9/c1-20-12-17-38(32(41)42)18-19-39(33(43)44)23(27(38)21(20)2)10-11-25-36(8)15-14-26(34(4,5)24(36)13-16-37(25,39)9)46-31-30-29(28(40)22(3)45-31)47-35(6,7)48-30/h10,20-22,24-31,40H,11-19H2,1-9H3,(H,41,42)(H,43,44)/t20-,21+,22+,24+,25+,26-,27+,28+,29+,30+,31-,36+,37-,38-,39+/m0/s1. The van der Waals surface area contributed by atoms with Gasteiger partial charge in [0.05, 0.1) is 23.0 Å². The van der Waals surface area contributed by atoms with Crippen LogP contribution in [0.15, 0.2) is 11.6 Å². The highest BCUT2D eigenvalue weighted by Gasteiger charge is 2.73. The molecular weight excluding hydrogens is 612 g/mol. The van der Waals surface area contributed by atoms with E-state index < -0.39 is 64.7 Å². The number of carboxylic acids is 2. The van der Waals surface area contributed by atoms with Gasteiger partial charge in [-0.15, -0.1) is 0 Å². The molecule has 2 saturated heterocycles. The van der Waals surface area contributed by atoms with Crippen LogP contribution in [0.3, 0.4) is 0 Å². The quantitative estimate of drug-likeness (QED) is 0.218. The second-order valence-electron chi connectivity index (χ2n) is 18.7. The van der Waals surface area contributed by atoms with E-state index in [0.717, 1.165) is 44.1 Å². The Kier molecular flexibility index (Phi) is 7.99. The van der Waals surface area contributed by atoms with E-state index in [-0.39, 0.29) is 40.6 Å². The van der Waals surface area contributed by atoms with E-state index >= 15 is 0 Å². The Balaban J connectivity index is 1.21. The first-order valence-electron chi connectivity index (χ1n) is 18.8. The first kappa shape index (κ1) is 34.9. The topological polar surface area (TPSA) is 132 Å². The number of carbonyl (C=O) groups is 2. The Morgan fingerprint density at radius 3 is 2.19 bits per heavy atom. The number of hydrogen-bond donors (Lipinski definition) is 3. The highest BCUT2D eigenvalue weighted by Crippen LogP contribution is 2.76. The number of allylic oxidation sites excluding steroid dienone is 1. The van der Waals surface area contributed by atoms with Gasteiger partial charge in [-0.25, -0.2) is 0 Å². The molecule has 0 radical (unpaired) electrons. The minimum absolute atomic E-state index is 0.112. The van der Waals surface area contributed by atoms with Crippen molar-refractivity contribution in [1.82, 2.24) is 0 Å². The van der Waals surface area contributed by atoms with E-state index in [9.17, 15) is 24.9 Å². The van der Waals surface area contributed by atoms with E-state index in [4.69, 9.17) is 18.9 Å². The molecule has 0 bridgehead atoms. The average Bonchev–Trinajstić information content (AvgIpc) is 3.33. The number of aliphatic hydroxyl groups excluding tert-OH is 1. The van der Waals surface area contributed by atoms with Crippen molar-refractivity contribution < 1.29 is 43.9 Å². The molecule has 9 nitrogen and oxygen atoms in total. The normalized spacial score (nSPS) is 53.6. The molecule has 7 aliphatic rings. The third kappa shape index (κ3) is 4.45. The van der Waals surface area contributed by atoms with Gasteiger partial charge in [0, 0.05) is 0 Å². The van der Waals surface area contributed by atoms with Crippen LogP contribution in [0, 0.1) is 56.7 Å². The summed E-state index contributed by atoms with van der Waals surface area (Å²) in [6.45, 7) is 19.2. The molecule has 0 amide bonds. The average molecular weight is 673 g/mol. The summed E-state index contributed by atoms with van der Waals surface area (Å²) in [7, 11) is 0. The summed E-state index contributed by atoms with van der Waals surface area (Å²) in [4.78, 5) is 27.0. The van der Waals surface area contributed by atoms with Crippen LogP contribution in [-0.2, 0) is 28.5 Å². The first-order chi connectivity index (χ1) is 22.3. The molecular formula is C39H60O9. The van der Waals surface area contributed by atoms with Crippen molar-refractivity contribution in [2.45, 2.75) is 163 Å². The number of ether oxygens (including phenoxy) is 4. The van der Waals surface area contributed by atoms with Crippen LogP contribution in [0.4, 0.5) is 0 Å². The number of carboxylic acid groups (broad SMARTS) is 2. The molecule has 0 unspecified atom stereocenters. The summed E-state index contributed by atoms with van der Waals surface area (Å²) >= 11 is 0. The molecule has 3 N–H and O–H groups in total. The zero-order chi connectivity index (χ0) is 35.0. The van der Waals surface area contributed by atoms with Crippen molar-refractivity contribution in [2.24, 2.45) is 56.7 Å². The summed E-state index contributed by atoms with van der Waals surface area (Å²) in [5, 5.41) is 32.9. The molecule has 2 aliphatic heterocycles. The highest BCUT2D eigenvalue weighted by atomic mass is 16.8. The van der Waals surface area contributed by atoms with Gasteiger partial charge in [-0.2, -0.15) is 0 Å². The first-order valence-corrected chi connectivity index (χ1v) is 18.8. The number of rotatable bonds is 4. The van der Waals surface area contributed by atoms with Gasteiger partial charge in [0.25, 0.3) is 0 Å². The lowest BCUT2D eigenvalue weighted by Gasteiger charge is -2.70. The fraction of sp³-hybridized carbons (Fsp3) is 0.897. The largest absolute Gasteiger partial charge is 0.481 e. The Morgan fingerprint density at radius 1 is 0.833 bits per heavy atom. The fourth-order valence-corrected chi connectivity index (χ4v) is 13.4. The van der Waals surface area contributed by atoms with Gasteiger partial charge >= 0.3 is 11.9 Å². The molecule has 9 heteroatoms. The zero-order valence-electron chi connectivity index (χ0n) is 30.6. The Labute approximate surface area is 286 Å². The van der Waals surface area contributed by atoms with Crippen LogP contribution in [-0.4, -0.2) is 69.9 Å². The van der Waals surface area contributed by atoms with Crippen molar-refractivity contribution in [3.8, 4) is 0 Å². The summed E-state index contributed by atoms with van der Waals surface area (Å²) < 4.78 is 25.5. The molecule has 5 aliphatic carbocycles. The number of fused-ring (bicyclic) bond motifs is 8. The van der Waals surface area contributed by atoms with Crippen molar-refractivity contribution in [3.63, 3.8) is 0 Å². The molecule has 270 valence electrons. The maximum Gasteiger partial charge on any atom is 0.314 e. The summed E-state index contributed by atoms with van der Waals surface area (Å²) in [6.07, 6.45) is 5.64. The molecule has 2 heterocycles. The number of aliphatic carboxylic acids is 2. The maximum atomic E-state index is 13.9. The molecule has 0 aromatic heterocycles. The van der Waals surface area contributed by atoms with Crippen LogP contribution >= 0.6 is 0 Å². The van der Waals surface area contributed by atoms with Crippen LogP contribution in [0.2, 0.25) is 0 Å². The smallest absolute Gasteiger partial charge is 0.314 e. The Bertz CT molecular complexity index is 1370. The van der Waals surface area contributed by atoms with Crippen LogP contribution < -0.4 is 0 Å². The predicted molar refractivity (Wildman–Crippen MR) is 178 cm³/mol. The lowest BCUT2D eigenvalue weighted by molar-refractivity contribution is -0.310. The van der Waals surface area contributed by atoms with E-state index in [1.165, 1.54) is 0 Å². The number of aliphatic hydroxyl groups is 1. The lowest BCUT2D eigenvalue weighted by Crippen LogP contribution is -2.68. The second-order valence-corrected chi connectivity index (χ2v) is 18.7. The number of hydrogen-bond acceptors (Lipinski definition) is 7. The Morgan fingerprint density at radius 2 is 1.52 bits per heavy atom. The van der Waals surface area contributed by atoms with E-state index in [1.54, 1.807) is 0 Å². The van der Waals surface area contributed by atoms with Gasteiger partial charge in [-0.3, -0.25) is 9.59 Å². The molecule has 0 aromatic carbocycles. The van der Waals surface area contributed by atoms with Gasteiger partial charge in [0.1, 0.15) is 18.3 Å². The lowest BCUT2D eigenvalue weighted by atomic mass is 9.33. The van der Waals surface area contributed by atoms with Gasteiger partial charge in [-0.05, 0) is 124 Å². The minimum atomic E-state index is -1.06. The van der Waals surface area contributed by atoms with E-state index in [0.29, 0.717) is 25.2 Å². The highest BCUT2D eigenvalue weighted by molar-refractivity contribution is 5.84. The van der Waals surface area contributed by atoms with Crippen LogP contribution in [0.5, 0.6) is 0 Å². The van der Waals surface area contributed by atoms with Crippen molar-refractivity contribution >= 4 is 11.9 Å². The molecule has 0 aromatic rings. The fourth-order valence-electron chi connectivity index (χ4n) is 13.4. The van der Waals surface area contributed by atoms with E-state index in [2.05, 4.69) is 47.6 Å². The molecule has 4 saturated carbocycles. The van der Waals surface area contributed by atoms with E-state index in [1.807, 2.05) is 20.8 Å². The molecule has 7 rings (SSSR count). The third-order valence-electron chi connectivity index (χ3n) is 16.1. The third-order valence-corrected chi connectivity index (χ3v) is 16.1. The minimum Gasteiger partial charge on any atom is -0.481 e. The molecule has 0 spiro atoms. The van der Waals surface area contributed by atoms with Gasteiger partial charge in [0.15, 0.2) is 12.1 Å². The van der Waals surface area contributed by atoms with Crippen molar-refractivity contribution in [3.05, 3.63) is 11.6 Å². The summed E-state index contributed by atoms with van der Waals surface area (Å²) in [5.41, 5.74) is -1.86. The SMILES string of the molecule is C[C@@H]1[C@@H](C)CC[C@]2(C(=O)O)CC[C@]3(C(=O)O)C(=CC[C@@H]4[C@]5(C)CC[C@H](O[C@@H]6O[C@H](C)[C@@H](O)[C@H]7OC(C)(C)O[C@@H]67)C(C)(C)[C@H]5CC[C@@]43C)[C@@H]12. The predicted octanol–water partition coefficient (Wildman–Crippen LogP) is 6.80. The van der Waals surface area contributed by atoms with Crippen LogP contribution in [0.25, 0.3) is 0 Å². The second kappa shape index (κ2) is 11.0. The zero-order valence-corrected chi connectivity index (χ0v) is 30.6. The summed E-state index contributed by atoms with van der Waals surface area (Å²) in [5.74, 6) is -1.69. The molecule has 6 fully saturated rings. The monoisotopic (exact) mass is 672 g/mol. The Hall–Kier alpha value is -1.52. The van der Waals surface area contributed by atoms with Gasteiger partial charge in [-0.1, -0.05) is 53.2 Å². The molecule has 15 atom stereocenters. The summed E-state index contributed by atoms with van der Waals surface area (Å²) in [6, 6.07) is 0. The van der Waals surface area contributed by atoms with Gasteiger partial charge in [0.2, 0.25) is 0 Å². The van der Waals surface area contributed by atoms with Crippen LogP contribution in [0.1, 0.15) is 120 Å². The van der Waals surface area contributed by atoms with Gasteiger partial charge < -0.3 is 34.3 Å². The van der Waals surface area contributed by atoms with Crippen molar-refractivity contribution in [1.29, 1.82) is 0 Å². The molecule has 48 heavy (non-hydrogen) atoms. The van der Waals surface area contributed by atoms with Crippen molar-refractivity contribution in [2.75, 3.05) is 0 Å². The maximum absolute atomic E-state index is 13.9.